The molecule has 0 unspecified atom stereocenters. The predicted molar refractivity (Wildman–Crippen MR) is 77.8 cm³/mol. The zero-order chi connectivity index (χ0) is 14.7. The van der Waals surface area contributed by atoms with E-state index in [9.17, 15) is 9.50 Å². The van der Waals surface area contributed by atoms with Crippen LogP contribution in [0, 0.1) is 5.82 Å². The van der Waals surface area contributed by atoms with Gasteiger partial charge in [-0.25, -0.2) is 4.39 Å². The molecule has 0 aliphatic rings. The molecule has 0 radical (unpaired) electrons. The van der Waals surface area contributed by atoms with Crippen molar-refractivity contribution in [2.24, 2.45) is 0 Å². The fraction of sp³-hybridized carbons (Fsp3) is 0.200. The van der Waals surface area contributed by atoms with Gasteiger partial charge in [0.05, 0.1) is 16.1 Å². The Morgan fingerprint density at radius 2 is 2.00 bits per heavy atom. The Morgan fingerprint density at radius 1 is 1.25 bits per heavy atom. The molecule has 0 bridgehead atoms. The van der Waals surface area contributed by atoms with Crippen LogP contribution in [0.5, 0.6) is 5.75 Å². The van der Waals surface area contributed by atoms with E-state index in [4.69, 9.17) is 27.9 Å². The van der Waals surface area contributed by atoms with Crippen molar-refractivity contribution >= 4 is 23.2 Å². The van der Waals surface area contributed by atoms with Crippen LogP contribution in [0.25, 0.3) is 0 Å². The summed E-state index contributed by atoms with van der Waals surface area (Å²) < 4.78 is 18.8. The van der Waals surface area contributed by atoms with Crippen LogP contribution in [0.4, 0.5) is 4.39 Å². The number of rotatable bonds is 4. The predicted octanol–water partition coefficient (Wildman–Crippen LogP) is 4.76. The van der Waals surface area contributed by atoms with Gasteiger partial charge in [0.25, 0.3) is 0 Å². The molecule has 0 aromatic heterocycles. The minimum absolute atomic E-state index is 0.141. The summed E-state index contributed by atoms with van der Waals surface area (Å²) in [6.45, 7) is 1.73. The van der Waals surface area contributed by atoms with Crippen LogP contribution in [0.1, 0.15) is 24.2 Å². The van der Waals surface area contributed by atoms with Crippen molar-refractivity contribution in [1.82, 2.24) is 0 Å². The highest BCUT2D eigenvalue weighted by atomic mass is 35.5. The van der Waals surface area contributed by atoms with E-state index in [1.165, 1.54) is 18.2 Å². The maximum atomic E-state index is 13.3. The first kappa shape index (κ1) is 15.1. The van der Waals surface area contributed by atoms with Gasteiger partial charge in [-0.1, -0.05) is 35.3 Å². The summed E-state index contributed by atoms with van der Waals surface area (Å²) >= 11 is 12.0. The van der Waals surface area contributed by atoms with E-state index in [0.717, 1.165) is 0 Å². The molecule has 2 nitrogen and oxygen atoms in total. The molecule has 0 spiro atoms. The molecule has 20 heavy (non-hydrogen) atoms. The minimum Gasteiger partial charge on any atom is -0.488 e. The monoisotopic (exact) mass is 314 g/mol. The summed E-state index contributed by atoms with van der Waals surface area (Å²) in [5.41, 5.74) is 1.21. The zero-order valence-corrected chi connectivity index (χ0v) is 12.2. The van der Waals surface area contributed by atoms with Gasteiger partial charge in [-0.3, -0.25) is 0 Å². The van der Waals surface area contributed by atoms with E-state index in [2.05, 4.69) is 0 Å². The van der Waals surface area contributed by atoms with Crippen molar-refractivity contribution < 1.29 is 14.2 Å². The van der Waals surface area contributed by atoms with E-state index < -0.39 is 11.9 Å². The second-order valence-corrected chi connectivity index (χ2v) is 5.14. The number of ether oxygens (including phenoxy) is 1. The van der Waals surface area contributed by atoms with Crippen LogP contribution >= 0.6 is 23.2 Å². The summed E-state index contributed by atoms with van der Waals surface area (Å²) in [6, 6.07) is 9.22. The van der Waals surface area contributed by atoms with Crippen LogP contribution in [0.2, 0.25) is 10.0 Å². The zero-order valence-electron chi connectivity index (χ0n) is 10.7. The summed E-state index contributed by atoms with van der Waals surface area (Å²) in [5, 5.41) is 10.5. The molecule has 0 aliphatic heterocycles. The molecule has 106 valence electrons. The molecular formula is C15H13Cl2FO2. The molecular weight excluding hydrogens is 302 g/mol. The van der Waals surface area contributed by atoms with E-state index in [1.807, 2.05) is 0 Å². The first-order valence-electron chi connectivity index (χ1n) is 6.02. The van der Waals surface area contributed by atoms with Crippen LogP contribution in [-0.4, -0.2) is 5.11 Å². The lowest BCUT2D eigenvalue weighted by Crippen LogP contribution is -2.02. The summed E-state index contributed by atoms with van der Waals surface area (Å²) in [4.78, 5) is 0. The molecule has 1 atom stereocenters. The van der Waals surface area contributed by atoms with Crippen LogP contribution in [-0.2, 0) is 6.61 Å². The van der Waals surface area contributed by atoms with Gasteiger partial charge in [0.2, 0.25) is 0 Å². The normalized spacial score (nSPS) is 12.2. The Kier molecular flexibility index (Phi) is 4.86. The third-order valence-electron chi connectivity index (χ3n) is 2.84. The van der Waals surface area contributed by atoms with Crippen molar-refractivity contribution in [2.45, 2.75) is 19.6 Å². The van der Waals surface area contributed by atoms with Gasteiger partial charge in [-0.15, -0.1) is 0 Å². The van der Waals surface area contributed by atoms with Gasteiger partial charge in [0.15, 0.2) is 0 Å². The SMILES string of the molecule is C[C@H](O)c1ccc(F)cc1OCc1cccc(Cl)c1Cl. The molecule has 0 saturated carbocycles. The molecule has 2 aromatic carbocycles. The molecule has 1 N–H and O–H groups in total. The van der Waals surface area contributed by atoms with Crippen molar-refractivity contribution in [1.29, 1.82) is 0 Å². The molecule has 2 aromatic rings. The topological polar surface area (TPSA) is 29.5 Å². The van der Waals surface area contributed by atoms with Gasteiger partial charge in [0, 0.05) is 17.2 Å². The lowest BCUT2D eigenvalue weighted by atomic mass is 10.1. The third kappa shape index (κ3) is 3.42. The fourth-order valence-corrected chi connectivity index (χ4v) is 2.17. The smallest absolute Gasteiger partial charge is 0.128 e. The quantitative estimate of drug-likeness (QED) is 0.881. The van der Waals surface area contributed by atoms with E-state index in [-0.39, 0.29) is 12.4 Å². The molecule has 0 saturated heterocycles. The third-order valence-corrected chi connectivity index (χ3v) is 3.70. The average Bonchev–Trinajstić information content (AvgIpc) is 2.40. The van der Waals surface area contributed by atoms with E-state index >= 15 is 0 Å². The summed E-state index contributed by atoms with van der Waals surface area (Å²) in [7, 11) is 0. The van der Waals surface area contributed by atoms with Gasteiger partial charge in [0.1, 0.15) is 18.2 Å². The number of aliphatic hydroxyl groups excluding tert-OH is 1. The van der Waals surface area contributed by atoms with Crippen molar-refractivity contribution in [2.75, 3.05) is 0 Å². The number of hydrogen-bond donors (Lipinski definition) is 1. The lowest BCUT2D eigenvalue weighted by Gasteiger charge is -2.14. The highest BCUT2D eigenvalue weighted by Crippen LogP contribution is 2.29. The minimum atomic E-state index is -0.750. The standard InChI is InChI=1S/C15H13Cl2FO2/c1-9(19)12-6-5-11(18)7-14(12)20-8-10-3-2-4-13(16)15(10)17/h2-7,9,19H,8H2,1H3/t9-/m0/s1. The first-order chi connectivity index (χ1) is 9.49. The van der Waals surface area contributed by atoms with E-state index in [1.54, 1.807) is 25.1 Å². The molecule has 0 fully saturated rings. The highest BCUT2D eigenvalue weighted by Gasteiger charge is 2.12. The number of benzene rings is 2. The summed E-state index contributed by atoms with van der Waals surface area (Å²) in [5.74, 6) is -0.141. The molecule has 0 aliphatic carbocycles. The number of aliphatic hydroxyl groups is 1. The Hall–Kier alpha value is -1.29. The second-order valence-electron chi connectivity index (χ2n) is 4.36. The van der Waals surface area contributed by atoms with Gasteiger partial charge >= 0.3 is 0 Å². The van der Waals surface area contributed by atoms with Crippen LogP contribution in [0.15, 0.2) is 36.4 Å². The molecule has 5 heteroatoms. The van der Waals surface area contributed by atoms with Gasteiger partial charge < -0.3 is 9.84 Å². The van der Waals surface area contributed by atoms with E-state index in [0.29, 0.717) is 21.2 Å². The number of halogens is 3. The Labute approximate surface area is 126 Å². The lowest BCUT2D eigenvalue weighted by molar-refractivity contribution is 0.190. The largest absolute Gasteiger partial charge is 0.488 e. The van der Waals surface area contributed by atoms with Crippen molar-refractivity contribution in [3.05, 3.63) is 63.4 Å². The van der Waals surface area contributed by atoms with Crippen LogP contribution in [0.3, 0.4) is 0 Å². The van der Waals surface area contributed by atoms with Gasteiger partial charge in [-0.2, -0.15) is 0 Å². The Morgan fingerprint density at radius 3 is 2.70 bits per heavy atom. The van der Waals surface area contributed by atoms with Crippen molar-refractivity contribution in [3.8, 4) is 5.75 Å². The average molecular weight is 315 g/mol. The molecule has 0 heterocycles. The maximum absolute atomic E-state index is 13.3. The van der Waals surface area contributed by atoms with Gasteiger partial charge in [-0.05, 0) is 25.1 Å². The first-order valence-corrected chi connectivity index (χ1v) is 6.78. The summed E-state index contributed by atoms with van der Waals surface area (Å²) in [6.07, 6.45) is -0.750. The molecule has 0 amide bonds. The maximum Gasteiger partial charge on any atom is 0.128 e. The van der Waals surface area contributed by atoms with Crippen LogP contribution < -0.4 is 4.74 Å². The Balaban J connectivity index is 2.22. The Bertz CT molecular complexity index is 615. The second kappa shape index (κ2) is 6.44. The van der Waals surface area contributed by atoms with Crippen molar-refractivity contribution in [3.63, 3.8) is 0 Å². The molecule has 2 rings (SSSR count). The fourth-order valence-electron chi connectivity index (χ4n) is 1.79. The highest BCUT2D eigenvalue weighted by molar-refractivity contribution is 6.42. The number of hydrogen-bond acceptors (Lipinski definition) is 2.